The highest BCUT2D eigenvalue weighted by molar-refractivity contribution is 7.11. The van der Waals surface area contributed by atoms with E-state index < -0.39 is 0 Å². The Labute approximate surface area is 131 Å². The predicted octanol–water partition coefficient (Wildman–Crippen LogP) is 2.83. The lowest BCUT2D eigenvalue weighted by Gasteiger charge is -2.21. The Morgan fingerprint density at radius 1 is 1.38 bits per heavy atom. The average molecular weight is 306 g/mol. The van der Waals surface area contributed by atoms with Gasteiger partial charge in [0.05, 0.1) is 12.2 Å². The van der Waals surface area contributed by atoms with E-state index in [1.807, 2.05) is 18.4 Å². The van der Waals surface area contributed by atoms with E-state index in [1.54, 1.807) is 0 Å². The van der Waals surface area contributed by atoms with E-state index in [4.69, 9.17) is 4.98 Å². The fourth-order valence-corrected chi connectivity index (χ4v) is 4.14. The van der Waals surface area contributed by atoms with E-state index in [-0.39, 0.29) is 0 Å². The van der Waals surface area contributed by atoms with Gasteiger partial charge in [0.2, 0.25) is 0 Å². The first-order valence-corrected chi connectivity index (χ1v) is 8.97. The maximum atomic E-state index is 4.82. The summed E-state index contributed by atoms with van der Waals surface area (Å²) in [7, 11) is 3.97. The Balaban J connectivity index is 1.53. The molecule has 0 unspecified atom stereocenters. The first kappa shape index (κ1) is 14.8. The number of fused-ring (bicyclic) bond motifs is 1. The van der Waals surface area contributed by atoms with Crippen molar-refractivity contribution in [1.29, 1.82) is 0 Å². The molecule has 0 radical (unpaired) electrons. The second-order valence-electron chi connectivity index (χ2n) is 6.25. The summed E-state index contributed by atoms with van der Waals surface area (Å²) in [6.07, 6.45) is 9.14. The van der Waals surface area contributed by atoms with Crippen LogP contribution in [0.3, 0.4) is 0 Å². The molecule has 116 valence electrons. The molecule has 0 spiro atoms. The van der Waals surface area contributed by atoms with Gasteiger partial charge in [-0.3, -0.25) is 4.99 Å². The Kier molecular flexibility index (Phi) is 4.78. The van der Waals surface area contributed by atoms with Crippen LogP contribution in [0.25, 0.3) is 0 Å². The number of hydrogen-bond acceptors (Lipinski definition) is 3. The van der Waals surface area contributed by atoms with E-state index >= 15 is 0 Å². The highest BCUT2D eigenvalue weighted by Crippen LogP contribution is 2.31. The zero-order valence-corrected chi connectivity index (χ0v) is 14.0. The Morgan fingerprint density at radius 3 is 2.90 bits per heavy atom. The summed E-state index contributed by atoms with van der Waals surface area (Å²) >= 11 is 1.89. The summed E-state index contributed by atoms with van der Waals surface area (Å²) in [6.45, 7) is 1.90. The van der Waals surface area contributed by atoms with Crippen molar-refractivity contribution in [3.8, 4) is 0 Å². The number of aromatic nitrogens is 1. The summed E-state index contributed by atoms with van der Waals surface area (Å²) in [5.74, 6) is 1.95. The number of nitrogens with one attached hydrogen (secondary N) is 1. The number of rotatable bonds is 5. The van der Waals surface area contributed by atoms with Gasteiger partial charge in [-0.2, -0.15) is 0 Å². The van der Waals surface area contributed by atoms with Crippen molar-refractivity contribution in [1.82, 2.24) is 15.2 Å². The molecule has 1 saturated carbocycles. The topological polar surface area (TPSA) is 40.5 Å². The molecule has 21 heavy (non-hydrogen) atoms. The van der Waals surface area contributed by atoms with Crippen LogP contribution in [0.4, 0.5) is 0 Å². The van der Waals surface area contributed by atoms with Crippen LogP contribution in [-0.4, -0.2) is 36.5 Å². The molecule has 1 fully saturated rings. The van der Waals surface area contributed by atoms with E-state index in [2.05, 4.69) is 22.3 Å². The zero-order chi connectivity index (χ0) is 14.7. The number of guanidine groups is 1. The van der Waals surface area contributed by atoms with Crippen LogP contribution < -0.4 is 5.32 Å². The molecule has 1 N–H and O–H groups in total. The maximum Gasteiger partial charge on any atom is 0.193 e. The molecule has 0 amide bonds. The van der Waals surface area contributed by atoms with Gasteiger partial charge in [0.15, 0.2) is 5.96 Å². The van der Waals surface area contributed by atoms with Crippen LogP contribution in [0.5, 0.6) is 0 Å². The largest absolute Gasteiger partial charge is 0.356 e. The van der Waals surface area contributed by atoms with Crippen molar-refractivity contribution in [3.63, 3.8) is 0 Å². The maximum absolute atomic E-state index is 4.82. The van der Waals surface area contributed by atoms with E-state index in [0.717, 1.165) is 25.0 Å². The lowest BCUT2D eigenvalue weighted by Crippen LogP contribution is -2.39. The fraction of sp³-hybridized carbons (Fsp3) is 0.750. The fourth-order valence-electron chi connectivity index (χ4n) is 2.93. The second-order valence-corrected chi connectivity index (χ2v) is 7.41. The summed E-state index contributed by atoms with van der Waals surface area (Å²) < 4.78 is 0. The third-order valence-electron chi connectivity index (χ3n) is 4.37. The minimum atomic E-state index is 0.862. The van der Waals surface area contributed by atoms with E-state index in [1.165, 1.54) is 60.5 Å². The standard InChI is InChI=1S/C16H26N4S/c1-17-16(18-10-9-12-7-8-12)20(2)11-15-19-13-5-3-4-6-14(13)21-15/h12H,3-11H2,1-2H3,(H,17,18). The highest BCUT2D eigenvalue weighted by Gasteiger charge is 2.21. The molecular weight excluding hydrogens is 280 g/mol. The summed E-state index contributed by atoms with van der Waals surface area (Å²) in [4.78, 5) is 12.9. The monoisotopic (exact) mass is 306 g/mol. The van der Waals surface area contributed by atoms with Crippen molar-refractivity contribution < 1.29 is 0 Å². The van der Waals surface area contributed by atoms with Crippen LogP contribution >= 0.6 is 11.3 Å². The van der Waals surface area contributed by atoms with E-state index in [0.29, 0.717) is 0 Å². The van der Waals surface area contributed by atoms with Crippen molar-refractivity contribution in [2.45, 2.75) is 51.5 Å². The average Bonchev–Trinajstić information content (AvgIpc) is 3.21. The molecule has 2 aliphatic carbocycles. The first-order chi connectivity index (χ1) is 10.3. The molecular formula is C16H26N4S. The quantitative estimate of drug-likeness (QED) is 0.672. The molecule has 0 aromatic carbocycles. The molecule has 0 aliphatic heterocycles. The van der Waals surface area contributed by atoms with Crippen molar-refractivity contribution in [2.75, 3.05) is 20.6 Å². The van der Waals surface area contributed by atoms with Gasteiger partial charge in [-0.15, -0.1) is 11.3 Å². The normalized spacial score (nSPS) is 18.5. The molecule has 1 aromatic rings. The highest BCUT2D eigenvalue weighted by atomic mass is 32.1. The minimum Gasteiger partial charge on any atom is -0.356 e. The van der Waals surface area contributed by atoms with Gasteiger partial charge in [-0.25, -0.2) is 4.98 Å². The molecule has 0 saturated heterocycles. The first-order valence-electron chi connectivity index (χ1n) is 8.15. The molecule has 5 heteroatoms. The third-order valence-corrected chi connectivity index (χ3v) is 5.51. The van der Waals surface area contributed by atoms with Crippen LogP contribution in [0.2, 0.25) is 0 Å². The third kappa shape index (κ3) is 3.96. The van der Waals surface area contributed by atoms with Gasteiger partial charge in [0.25, 0.3) is 0 Å². The number of aliphatic imine (C=N–C) groups is 1. The summed E-state index contributed by atoms with van der Waals surface area (Å²) in [5, 5.41) is 4.71. The lowest BCUT2D eigenvalue weighted by molar-refractivity contribution is 0.472. The van der Waals surface area contributed by atoms with Gasteiger partial charge in [-0.05, 0) is 38.0 Å². The zero-order valence-electron chi connectivity index (χ0n) is 13.2. The molecule has 0 atom stereocenters. The Hall–Kier alpha value is -1.10. The Morgan fingerprint density at radius 2 is 2.19 bits per heavy atom. The minimum absolute atomic E-state index is 0.862. The smallest absolute Gasteiger partial charge is 0.193 e. The SMILES string of the molecule is CN=C(NCCC1CC1)N(C)Cc1nc2c(s1)CCCC2. The van der Waals surface area contributed by atoms with Gasteiger partial charge in [0, 0.05) is 25.5 Å². The Bertz CT molecular complexity index is 481. The molecule has 2 aliphatic rings. The number of thiazole rings is 1. The van der Waals surface area contributed by atoms with Crippen LogP contribution in [-0.2, 0) is 19.4 Å². The van der Waals surface area contributed by atoms with Crippen LogP contribution in [0.15, 0.2) is 4.99 Å². The van der Waals surface area contributed by atoms with E-state index in [9.17, 15) is 0 Å². The van der Waals surface area contributed by atoms with Crippen molar-refractivity contribution in [3.05, 3.63) is 15.6 Å². The molecule has 0 bridgehead atoms. The summed E-state index contributed by atoms with van der Waals surface area (Å²) in [5.41, 5.74) is 1.35. The molecule has 1 aromatic heterocycles. The summed E-state index contributed by atoms with van der Waals surface area (Å²) in [6, 6.07) is 0. The second kappa shape index (κ2) is 6.77. The van der Waals surface area contributed by atoms with Crippen LogP contribution in [0, 0.1) is 5.92 Å². The van der Waals surface area contributed by atoms with Gasteiger partial charge >= 0.3 is 0 Å². The lowest BCUT2D eigenvalue weighted by atomic mass is 10.0. The molecule has 4 nitrogen and oxygen atoms in total. The molecule has 3 rings (SSSR count). The van der Waals surface area contributed by atoms with Crippen molar-refractivity contribution in [2.24, 2.45) is 10.9 Å². The van der Waals surface area contributed by atoms with Gasteiger partial charge in [-0.1, -0.05) is 12.8 Å². The van der Waals surface area contributed by atoms with Crippen LogP contribution in [0.1, 0.15) is 47.7 Å². The van der Waals surface area contributed by atoms with Crippen molar-refractivity contribution >= 4 is 17.3 Å². The molecule has 1 heterocycles. The predicted molar refractivity (Wildman–Crippen MR) is 88.9 cm³/mol. The number of nitrogens with zero attached hydrogens (tertiary/aromatic N) is 3. The number of aryl methyl sites for hydroxylation is 2. The number of hydrogen-bond donors (Lipinski definition) is 1. The van der Waals surface area contributed by atoms with Gasteiger partial charge < -0.3 is 10.2 Å². The van der Waals surface area contributed by atoms with Gasteiger partial charge in [0.1, 0.15) is 5.01 Å².